The number of aliphatic hydroxyl groups excluding tert-OH is 1. The molecular weight excluding hydrogens is 188 g/mol. The Morgan fingerprint density at radius 2 is 1.93 bits per heavy atom. The molecule has 0 spiro atoms. The van der Waals surface area contributed by atoms with E-state index in [4.69, 9.17) is 10.2 Å². The van der Waals surface area contributed by atoms with Crippen LogP contribution in [0.3, 0.4) is 0 Å². The molecule has 0 radical (unpaired) electrons. The van der Waals surface area contributed by atoms with Gasteiger partial charge in [-0.05, 0) is 18.9 Å². The number of carboxylic acids is 1. The topological polar surface area (TPSA) is 83.8 Å². The van der Waals surface area contributed by atoms with Crippen molar-refractivity contribution in [2.24, 2.45) is 0 Å². The van der Waals surface area contributed by atoms with Crippen LogP contribution >= 0.6 is 0 Å². The van der Waals surface area contributed by atoms with Crippen LogP contribution in [0.1, 0.15) is 25.7 Å². The van der Waals surface area contributed by atoms with E-state index in [1.807, 2.05) is 0 Å². The Morgan fingerprint density at radius 1 is 1.36 bits per heavy atom. The summed E-state index contributed by atoms with van der Waals surface area (Å²) in [5.74, 6) is -1.44. The molecular formula is C9H14O5. The van der Waals surface area contributed by atoms with E-state index < -0.39 is 18.2 Å². The van der Waals surface area contributed by atoms with Crippen LogP contribution in [0.5, 0.6) is 0 Å². The van der Waals surface area contributed by atoms with Crippen LogP contribution in [0.15, 0.2) is 12.7 Å². The fourth-order valence-corrected chi connectivity index (χ4v) is 0.787. The number of hydrogen-bond acceptors (Lipinski definition) is 4. The third kappa shape index (κ3) is 7.30. The fraction of sp³-hybridized carbons (Fsp3) is 0.556. The highest BCUT2D eigenvalue weighted by atomic mass is 16.6. The van der Waals surface area contributed by atoms with E-state index in [0.717, 1.165) is 6.08 Å². The number of aliphatic carboxylic acids is 1. The first kappa shape index (κ1) is 12.6. The first-order valence-electron chi connectivity index (χ1n) is 4.28. The Labute approximate surface area is 82.0 Å². The molecule has 0 aromatic rings. The number of esters is 1. The van der Waals surface area contributed by atoms with E-state index in [9.17, 15) is 9.59 Å². The summed E-state index contributed by atoms with van der Waals surface area (Å²) in [6, 6.07) is 0. The van der Waals surface area contributed by atoms with Gasteiger partial charge in [-0.25, -0.2) is 0 Å². The fourth-order valence-electron chi connectivity index (χ4n) is 0.787. The monoisotopic (exact) mass is 202 g/mol. The molecule has 5 nitrogen and oxygen atoms in total. The Balaban J connectivity index is 3.44. The number of hydrogen-bond donors (Lipinski definition) is 2. The predicted molar refractivity (Wildman–Crippen MR) is 48.4 cm³/mol. The number of ether oxygens (including phenoxy) is 1. The molecule has 0 aliphatic rings. The van der Waals surface area contributed by atoms with Gasteiger partial charge in [0.15, 0.2) is 0 Å². The van der Waals surface area contributed by atoms with Gasteiger partial charge in [0.25, 0.3) is 0 Å². The van der Waals surface area contributed by atoms with E-state index >= 15 is 0 Å². The summed E-state index contributed by atoms with van der Waals surface area (Å²) >= 11 is 0. The van der Waals surface area contributed by atoms with Crippen LogP contribution in [-0.2, 0) is 14.3 Å². The molecule has 1 atom stereocenters. The second kappa shape index (κ2) is 7.08. The van der Waals surface area contributed by atoms with E-state index in [-0.39, 0.29) is 12.8 Å². The summed E-state index contributed by atoms with van der Waals surface area (Å²) in [6.07, 6.45) is 0.829. The lowest BCUT2D eigenvalue weighted by Gasteiger charge is -2.06. The normalized spacial score (nSPS) is 11.8. The van der Waals surface area contributed by atoms with Gasteiger partial charge in [0.1, 0.15) is 0 Å². The average molecular weight is 202 g/mol. The van der Waals surface area contributed by atoms with Gasteiger partial charge in [-0.2, -0.15) is 0 Å². The highest BCUT2D eigenvalue weighted by molar-refractivity contribution is 5.70. The molecule has 2 N–H and O–H groups in total. The molecule has 0 aromatic heterocycles. The second-order valence-electron chi connectivity index (χ2n) is 2.72. The number of unbranched alkanes of at least 4 members (excludes halogenated alkanes) is 1. The maximum absolute atomic E-state index is 10.9. The van der Waals surface area contributed by atoms with Crippen molar-refractivity contribution in [2.75, 3.05) is 0 Å². The van der Waals surface area contributed by atoms with Crippen molar-refractivity contribution < 1.29 is 24.5 Å². The maximum atomic E-state index is 10.9. The minimum atomic E-state index is -1.28. The summed E-state index contributed by atoms with van der Waals surface area (Å²) in [4.78, 5) is 21.0. The van der Waals surface area contributed by atoms with Crippen LogP contribution in [0.4, 0.5) is 0 Å². The van der Waals surface area contributed by atoms with Crippen LogP contribution in [0, 0.1) is 0 Å². The molecule has 0 amide bonds. The third-order valence-electron chi connectivity index (χ3n) is 1.48. The molecule has 80 valence electrons. The standard InChI is InChI=1S/C9H14O5/c1-2-8(12)14-9(13)6-4-3-5-7(10)11/h2,8,12H,1,3-6H2,(H,10,11). The smallest absolute Gasteiger partial charge is 0.308 e. The summed E-state index contributed by atoms with van der Waals surface area (Å²) in [5.41, 5.74) is 0. The van der Waals surface area contributed by atoms with Crippen molar-refractivity contribution in [3.05, 3.63) is 12.7 Å². The molecule has 0 aliphatic heterocycles. The van der Waals surface area contributed by atoms with Crippen LogP contribution in [0.2, 0.25) is 0 Å². The van der Waals surface area contributed by atoms with E-state index in [0.29, 0.717) is 12.8 Å². The first-order chi connectivity index (χ1) is 6.56. The van der Waals surface area contributed by atoms with Crippen molar-refractivity contribution in [2.45, 2.75) is 32.0 Å². The van der Waals surface area contributed by atoms with Crippen molar-refractivity contribution >= 4 is 11.9 Å². The van der Waals surface area contributed by atoms with Crippen molar-refractivity contribution in [1.29, 1.82) is 0 Å². The number of carbonyl (C=O) groups excluding carboxylic acids is 1. The Bertz CT molecular complexity index is 211. The zero-order valence-electron chi connectivity index (χ0n) is 7.81. The first-order valence-corrected chi connectivity index (χ1v) is 4.28. The molecule has 1 unspecified atom stereocenters. The number of carboxylic acid groups (broad SMARTS) is 1. The Kier molecular flexibility index (Phi) is 6.39. The van der Waals surface area contributed by atoms with Gasteiger partial charge in [-0.3, -0.25) is 9.59 Å². The van der Waals surface area contributed by atoms with E-state index in [2.05, 4.69) is 11.3 Å². The van der Waals surface area contributed by atoms with Gasteiger partial charge < -0.3 is 14.9 Å². The Morgan fingerprint density at radius 3 is 2.43 bits per heavy atom. The molecule has 5 heteroatoms. The van der Waals surface area contributed by atoms with Gasteiger partial charge in [0, 0.05) is 12.8 Å². The summed E-state index contributed by atoms with van der Waals surface area (Å²) in [7, 11) is 0. The number of aliphatic hydroxyl groups is 1. The Hall–Kier alpha value is -1.36. The summed E-state index contributed by atoms with van der Waals surface area (Å²) < 4.78 is 4.46. The minimum Gasteiger partial charge on any atom is -0.481 e. The van der Waals surface area contributed by atoms with Gasteiger partial charge in [-0.15, -0.1) is 0 Å². The number of carbonyl (C=O) groups is 2. The summed E-state index contributed by atoms with van der Waals surface area (Å²) in [5, 5.41) is 17.1. The SMILES string of the molecule is C=CC(O)OC(=O)CCCCC(=O)O. The minimum absolute atomic E-state index is 0.0390. The quantitative estimate of drug-likeness (QED) is 0.274. The van der Waals surface area contributed by atoms with Gasteiger partial charge in [0.05, 0.1) is 0 Å². The molecule has 0 saturated carbocycles. The highest BCUT2D eigenvalue weighted by Gasteiger charge is 2.07. The molecule has 14 heavy (non-hydrogen) atoms. The average Bonchev–Trinajstić information content (AvgIpc) is 2.12. The molecule has 0 bridgehead atoms. The molecule has 0 aromatic carbocycles. The maximum Gasteiger partial charge on any atom is 0.308 e. The van der Waals surface area contributed by atoms with Crippen molar-refractivity contribution in [1.82, 2.24) is 0 Å². The zero-order chi connectivity index (χ0) is 11.0. The van der Waals surface area contributed by atoms with E-state index in [1.54, 1.807) is 0 Å². The summed E-state index contributed by atoms with van der Waals surface area (Å²) in [6.45, 7) is 3.23. The van der Waals surface area contributed by atoms with Crippen LogP contribution < -0.4 is 0 Å². The zero-order valence-corrected chi connectivity index (χ0v) is 7.81. The predicted octanol–water partition coefficient (Wildman–Crippen LogP) is 0.679. The third-order valence-corrected chi connectivity index (χ3v) is 1.48. The second-order valence-corrected chi connectivity index (χ2v) is 2.72. The largest absolute Gasteiger partial charge is 0.481 e. The molecule has 0 saturated heterocycles. The highest BCUT2D eigenvalue weighted by Crippen LogP contribution is 2.02. The lowest BCUT2D eigenvalue weighted by Crippen LogP contribution is -2.14. The van der Waals surface area contributed by atoms with Crippen LogP contribution in [0.25, 0.3) is 0 Å². The number of rotatable bonds is 7. The molecule has 0 rings (SSSR count). The van der Waals surface area contributed by atoms with Crippen molar-refractivity contribution in [3.63, 3.8) is 0 Å². The molecule has 0 aliphatic carbocycles. The molecule has 0 fully saturated rings. The van der Waals surface area contributed by atoms with Crippen LogP contribution in [-0.4, -0.2) is 28.4 Å². The lowest BCUT2D eigenvalue weighted by molar-refractivity contribution is -0.160. The van der Waals surface area contributed by atoms with E-state index in [1.165, 1.54) is 0 Å². The van der Waals surface area contributed by atoms with Crippen molar-refractivity contribution in [3.8, 4) is 0 Å². The molecule has 0 heterocycles. The van der Waals surface area contributed by atoms with Gasteiger partial charge in [0.2, 0.25) is 6.29 Å². The van der Waals surface area contributed by atoms with Gasteiger partial charge in [-0.1, -0.05) is 6.58 Å². The lowest BCUT2D eigenvalue weighted by atomic mass is 10.2. The van der Waals surface area contributed by atoms with Gasteiger partial charge >= 0.3 is 11.9 Å².